The molecule has 0 bridgehead atoms. The smallest absolute Gasteiger partial charge is 0.336 e. The molecule has 4 rings (SSSR count). The van der Waals surface area contributed by atoms with Crippen molar-refractivity contribution in [1.82, 2.24) is 8.75 Å². The number of carbonyl (C=O) groups is 2. The SMILES string of the molecule is COc1ccc(C/C(C(=O)c2ccccc2)=C(\C(=O)O)c2ccc3nsnc3c2)cc1C. The summed E-state index contributed by atoms with van der Waals surface area (Å²) in [6.45, 7) is 1.91. The molecule has 0 amide bonds. The van der Waals surface area contributed by atoms with Crippen LogP contribution in [0.1, 0.15) is 27.0 Å². The van der Waals surface area contributed by atoms with Crippen molar-refractivity contribution in [2.24, 2.45) is 0 Å². The van der Waals surface area contributed by atoms with Gasteiger partial charge in [0, 0.05) is 17.6 Å². The third kappa shape index (κ3) is 4.29. The van der Waals surface area contributed by atoms with E-state index in [1.165, 1.54) is 0 Å². The highest BCUT2D eigenvalue weighted by atomic mass is 32.1. The summed E-state index contributed by atoms with van der Waals surface area (Å²) in [5.74, 6) is -0.765. The highest BCUT2D eigenvalue weighted by molar-refractivity contribution is 7.00. The zero-order valence-corrected chi connectivity index (χ0v) is 18.3. The van der Waals surface area contributed by atoms with Crippen molar-refractivity contribution in [3.8, 4) is 5.75 Å². The van der Waals surface area contributed by atoms with Gasteiger partial charge in [0.1, 0.15) is 16.8 Å². The first-order chi connectivity index (χ1) is 15.5. The van der Waals surface area contributed by atoms with Crippen LogP contribution < -0.4 is 4.74 Å². The number of methoxy groups -OCH3 is 1. The maximum Gasteiger partial charge on any atom is 0.336 e. The molecule has 0 radical (unpaired) electrons. The van der Waals surface area contributed by atoms with Crippen LogP contribution in [0.25, 0.3) is 16.6 Å². The number of aromatic nitrogens is 2. The first-order valence-electron chi connectivity index (χ1n) is 9.90. The molecule has 0 aliphatic heterocycles. The lowest BCUT2D eigenvalue weighted by atomic mass is 9.89. The van der Waals surface area contributed by atoms with Gasteiger partial charge in [0.2, 0.25) is 0 Å². The van der Waals surface area contributed by atoms with Crippen LogP contribution >= 0.6 is 11.7 Å². The van der Waals surface area contributed by atoms with E-state index in [2.05, 4.69) is 8.75 Å². The molecule has 1 N–H and O–H groups in total. The molecule has 0 spiro atoms. The Labute approximate surface area is 189 Å². The maximum absolute atomic E-state index is 13.5. The molecular formula is C25H20N2O4S. The number of aliphatic carboxylic acids is 1. The molecule has 4 aromatic rings. The van der Waals surface area contributed by atoms with E-state index in [4.69, 9.17) is 4.74 Å². The van der Waals surface area contributed by atoms with Crippen LogP contribution in [-0.4, -0.2) is 32.7 Å². The lowest BCUT2D eigenvalue weighted by Crippen LogP contribution is -2.14. The Hall–Kier alpha value is -3.84. The summed E-state index contributed by atoms with van der Waals surface area (Å²) in [5.41, 5.74) is 4.02. The Morgan fingerprint density at radius 1 is 0.938 bits per heavy atom. The van der Waals surface area contributed by atoms with Crippen molar-refractivity contribution in [3.05, 3.63) is 94.6 Å². The van der Waals surface area contributed by atoms with Gasteiger partial charge in [-0.1, -0.05) is 48.5 Å². The van der Waals surface area contributed by atoms with E-state index < -0.39 is 5.97 Å². The molecule has 7 heteroatoms. The predicted molar refractivity (Wildman–Crippen MR) is 124 cm³/mol. The number of nitrogens with zero attached hydrogens (tertiary/aromatic N) is 2. The van der Waals surface area contributed by atoms with Crippen molar-refractivity contribution in [1.29, 1.82) is 0 Å². The molecule has 1 heterocycles. The fraction of sp³-hybridized carbons (Fsp3) is 0.120. The molecule has 0 fully saturated rings. The Bertz CT molecular complexity index is 1340. The lowest BCUT2D eigenvalue weighted by molar-refractivity contribution is -0.130. The van der Waals surface area contributed by atoms with Crippen molar-refractivity contribution >= 4 is 40.1 Å². The summed E-state index contributed by atoms with van der Waals surface area (Å²) >= 11 is 1.06. The first kappa shape index (κ1) is 21.4. The molecule has 0 saturated heterocycles. The summed E-state index contributed by atoms with van der Waals surface area (Å²) in [4.78, 5) is 26.0. The quantitative estimate of drug-likeness (QED) is 0.320. The average molecular weight is 445 g/mol. The number of fused-ring (bicyclic) bond motifs is 1. The zero-order chi connectivity index (χ0) is 22.7. The Morgan fingerprint density at radius 3 is 2.38 bits per heavy atom. The number of allylic oxidation sites excluding steroid dienone is 1. The van der Waals surface area contributed by atoms with Gasteiger partial charge in [-0.15, -0.1) is 0 Å². The maximum atomic E-state index is 13.5. The number of hydrogen-bond acceptors (Lipinski definition) is 6. The van der Waals surface area contributed by atoms with Crippen LogP contribution in [0.5, 0.6) is 5.75 Å². The summed E-state index contributed by atoms with van der Waals surface area (Å²) in [7, 11) is 1.60. The molecule has 3 aromatic carbocycles. The molecule has 0 aliphatic carbocycles. The second kappa shape index (κ2) is 9.11. The van der Waals surface area contributed by atoms with Gasteiger partial charge in [-0.25, -0.2) is 4.79 Å². The Balaban J connectivity index is 1.90. The van der Waals surface area contributed by atoms with Gasteiger partial charge in [-0.2, -0.15) is 8.75 Å². The van der Waals surface area contributed by atoms with Crippen molar-refractivity contribution in [2.45, 2.75) is 13.3 Å². The van der Waals surface area contributed by atoms with Crippen LogP contribution in [0.3, 0.4) is 0 Å². The molecule has 0 saturated carbocycles. The molecule has 160 valence electrons. The predicted octanol–water partition coefficient (Wildman–Crippen LogP) is 4.97. The summed E-state index contributed by atoms with van der Waals surface area (Å²) in [5, 5.41) is 10.2. The fourth-order valence-electron chi connectivity index (χ4n) is 3.66. The molecular weight excluding hydrogens is 424 g/mol. The van der Waals surface area contributed by atoms with Gasteiger partial charge in [-0.3, -0.25) is 4.79 Å². The number of Topliss-reactive ketones (excluding diaryl/α,β-unsaturated/α-hetero) is 1. The van der Waals surface area contributed by atoms with Crippen LogP contribution in [0.2, 0.25) is 0 Å². The molecule has 1 aromatic heterocycles. The highest BCUT2D eigenvalue weighted by Crippen LogP contribution is 2.29. The number of carboxylic acids is 1. The molecule has 0 atom stereocenters. The summed E-state index contributed by atoms with van der Waals surface area (Å²) in [6, 6.07) is 19.3. The van der Waals surface area contributed by atoms with E-state index >= 15 is 0 Å². The highest BCUT2D eigenvalue weighted by Gasteiger charge is 2.24. The monoisotopic (exact) mass is 444 g/mol. The van der Waals surface area contributed by atoms with Gasteiger partial charge in [0.05, 0.1) is 24.4 Å². The standard InChI is InChI=1S/C25H20N2O4S/c1-15-12-16(8-11-22(15)31-2)13-19(24(28)17-6-4-3-5-7-17)23(25(29)30)18-9-10-20-21(14-18)27-32-26-20/h3-12,14H,13H2,1-2H3,(H,29,30)/b23-19+. The molecule has 32 heavy (non-hydrogen) atoms. The molecule has 6 nitrogen and oxygen atoms in total. The van der Waals surface area contributed by atoms with Crippen molar-refractivity contribution in [2.75, 3.05) is 7.11 Å². The zero-order valence-electron chi connectivity index (χ0n) is 17.5. The van der Waals surface area contributed by atoms with Gasteiger partial charge in [-0.05, 0) is 41.8 Å². The largest absolute Gasteiger partial charge is 0.496 e. The van der Waals surface area contributed by atoms with Crippen LogP contribution in [0.4, 0.5) is 0 Å². The number of ether oxygens (including phenoxy) is 1. The molecule has 0 aliphatic rings. The van der Waals surface area contributed by atoms with Crippen LogP contribution in [0.15, 0.2) is 72.3 Å². The van der Waals surface area contributed by atoms with Gasteiger partial charge in [0.15, 0.2) is 5.78 Å². The average Bonchev–Trinajstić information content (AvgIpc) is 3.27. The fourth-order valence-corrected chi connectivity index (χ4v) is 4.18. The van der Waals surface area contributed by atoms with E-state index in [-0.39, 0.29) is 23.4 Å². The van der Waals surface area contributed by atoms with Crippen LogP contribution in [0, 0.1) is 6.92 Å². The molecule has 0 unspecified atom stereocenters. The van der Waals surface area contributed by atoms with Gasteiger partial charge >= 0.3 is 5.97 Å². The number of ketones is 1. The number of carboxylic acid groups (broad SMARTS) is 1. The first-order valence-corrected chi connectivity index (χ1v) is 10.6. The minimum absolute atomic E-state index is 0.0396. The topological polar surface area (TPSA) is 89.4 Å². The third-order valence-electron chi connectivity index (χ3n) is 5.21. The second-order valence-corrected chi connectivity index (χ2v) is 7.83. The second-order valence-electron chi connectivity index (χ2n) is 7.30. The number of hydrogen-bond donors (Lipinski definition) is 1. The van der Waals surface area contributed by atoms with Crippen molar-refractivity contribution in [3.63, 3.8) is 0 Å². The Morgan fingerprint density at radius 2 is 1.69 bits per heavy atom. The minimum Gasteiger partial charge on any atom is -0.496 e. The van der Waals surface area contributed by atoms with E-state index in [1.54, 1.807) is 49.6 Å². The number of carbonyl (C=O) groups excluding carboxylic acids is 1. The number of aryl methyl sites for hydroxylation is 1. The van der Waals surface area contributed by atoms with Crippen LogP contribution in [-0.2, 0) is 11.2 Å². The van der Waals surface area contributed by atoms with E-state index in [9.17, 15) is 14.7 Å². The minimum atomic E-state index is -1.17. The number of rotatable bonds is 7. The normalized spacial score (nSPS) is 11.8. The van der Waals surface area contributed by atoms with Gasteiger partial charge in [0.25, 0.3) is 0 Å². The van der Waals surface area contributed by atoms with E-state index in [0.717, 1.165) is 28.6 Å². The van der Waals surface area contributed by atoms with Gasteiger partial charge < -0.3 is 9.84 Å². The van der Waals surface area contributed by atoms with E-state index in [0.29, 0.717) is 22.2 Å². The summed E-state index contributed by atoms with van der Waals surface area (Å²) in [6.07, 6.45) is 0.160. The lowest BCUT2D eigenvalue weighted by Gasteiger charge is -2.14. The van der Waals surface area contributed by atoms with E-state index in [1.807, 2.05) is 31.2 Å². The summed E-state index contributed by atoms with van der Waals surface area (Å²) < 4.78 is 13.7. The Kier molecular flexibility index (Phi) is 6.09. The third-order valence-corrected chi connectivity index (χ3v) is 5.76. The number of benzene rings is 3. The van der Waals surface area contributed by atoms with Crippen molar-refractivity contribution < 1.29 is 19.4 Å².